The highest BCUT2D eigenvalue weighted by Crippen LogP contribution is 2.40. The molecule has 0 heterocycles. The zero-order chi connectivity index (χ0) is 11.6. The molecule has 0 fully saturated rings. The van der Waals surface area contributed by atoms with Crippen LogP contribution in [0.2, 0.25) is 0 Å². The van der Waals surface area contributed by atoms with E-state index in [4.69, 9.17) is 34.8 Å². The van der Waals surface area contributed by atoms with E-state index in [0.29, 0.717) is 0 Å². The van der Waals surface area contributed by atoms with Crippen LogP contribution in [0.1, 0.15) is 11.7 Å². The van der Waals surface area contributed by atoms with E-state index < -0.39 is 14.8 Å². The highest BCUT2D eigenvalue weighted by atomic mass is 35.6. The SMILES string of the molecule is O=[N+]([O-])c1cccc([C@H](O)C(Cl)(Cl)Cl)c1. The standard InChI is InChI=1S/C8H6Cl3NO3/c9-8(10,11)7(13)5-2-1-3-6(4-5)12(14)15/h1-4,7,13H/t7-/m0/s1. The number of hydrogen-bond donors (Lipinski definition) is 1. The van der Waals surface area contributed by atoms with E-state index in [9.17, 15) is 15.2 Å². The summed E-state index contributed by atoms with van der Waals surface area (Å²) in [5.74, 6) is 0. The maximum absolute atomic E-state index is 10.5. The molecule has 4 nitrogen and oxygen atoms in total. The summed E-state index contributed by atoms with van der Waals surface area (Å²) in [6.07, 6.45) is -1.40. The van der Waals surface area contributed by atoms with E-state index >= 15 is 0 Å². The van der Waals surface area contributed by atoms with Crippen LogP contribution in [0.25, 0.3) is 0 Å². The van der Waals surface area contributed by atoms with Gasteiger partial charge in [0.15, 0.2) is 0 Å². The molecule has 15 heavy (non-hydrogen) atoms. The molecule has 1 atom stereocenters. The molecule has 0 aliphatic heterocycles. The summed E-state index contributed by atoms with van der Waals surface area (Å²) >= 11 is 16.4. The zero-order valence-corrected chi connectivity index (χ0v) is 9.50. The quantitative estimate of drug-likeness (QED) is 0.510. The Hall–Kier alpha value is -0.550. The van der Waals surface area contributed by atoms with Gasteiger partial charge in [-0.3, -0.25) is 10.1 Å². The highest BCUT2D eigenvalue weighted by molar-refractivity contribution is 6.68. The first-order valence-electron chi connectivity index (χ1n) is 3.81. The van der Waals surface area contributed by atoms with Gasteiger partial charge in [-0.2, -0.15) is 0 Å². The molecule has 7 heteroatoms. The highest BCUT2D eigenvalue weighted by Gasteiger charge is 2.32. The Morgan fingerprint density at radius 3 is 2.47 bits per heavy atom. The molecule has 0 bridgehead atoms. The largest absolute Gasteiger partial charge is 0.384 e. The Morgan fingerprint density at radius 1 is 1.40 bits per heavy atom. The topological polar surface area (TPSA) is 63.4 Å². The molecule has 1 rings (SSSR count). The molecule has 0 spiro atoms. The summed E-state index contributed by atoms with van der Waals surface area (Å²) in [6, 6.07) is 5.30. The number of halogens is 3. The molecule has 1 aromatic carbocycles. The molecular formula is C8H6Cl3NO3. The van der Waals surface area contributed by atoms with Crippen LogP contribution in [0, 0.1) is 10.1 Å². The Kier molecular flexibility index (Phi) is 3.78. The lowest BCUT2D eigenvalue weighted by Crippen LogP contribution is -2.16. The Balaban J connectivity index is 3.06. The van der Waals surface area contributed by atoms with Gasteiger partial charge in [-0.25, -0.2) is 0 Å². The second kappa shape index (κ2) is 4.53. The van der Waals surface area contributed by atoms with Crippen molar-refractivity contribution in [2.24, 2.45) is 0 Å². The number of nitro groups is 1. The van der Waals surface area contributed by atoms with Gasteiger partial charge in [0.05, 0.1) is 4.92 Å². The van der Waals surface area contributed by atoms with Gasteiger partial charge < -0.3 is 5.11 Å². The first-order valence-corrected chi connectivity index (χ1v) is 4.95. The third kappa shape index (κ3) is 3.21. The van der Waals surface area contributed by atoms with Crippen LogP contribution in [-0.2, 0) is 0 Å². The number of rotatable bonds is 2. The fourth-order valence-electron chi connectivity index (χ4n) is 0.997. The molecular weight excluding hydrogens is 264 g/mol. The number of hydrogen-bond acceptors (Lipinski definition) is 3. The third-order valence-corrected chi connectivity index (χ3v) is 2.33. The monoisotopic (exact) mass is 269 g/mol. The first kappa shape index (κ1) is 12.5. The summed E-state index contributed by atoms with van der Waals surface area (Å²) in [6.45, 7) is 0. The van der Waals surface area contributed by atoms with Crippen LogP contribution in [-0.4, -0.2) is 13.8 Å². The van der Waals surface area contributed by atoms with Gasteiger partial charge >= 0.3 is 0 Å². The van der Waals surface area contributed by atoms with Crippen molar-refractivity contribution in [3.8, 4) is 0 Å². The molecule has 0 saturated carbocycles. The summed E-state index contributed by atoms with van der Waals surface area (Å²) < 4.78 is -1.91. The van der Waals surface area contributed by atoms with Crippen molar-refractivity contribution < 1.29 is 10.0 Å². The summed E-state index contributed by atoms with van der Waals surface area (Å²) in [5.41, 5.74) is 0.0185. The predicted molar refractivity (Wildman–Crippen MR) is 58.3 cm³/mol. The molecule has 0 aliphatic rings. The molecule has 1 aromatic rings. The number of non-ortho nitro benzene ring substituents is 1. The Labute approximate surface area is 101 Å². The fraction of sp³-hybridized carbons (Fsp3) is 0.250. The summed E-state index contributed by atoms with van der Waals surface area (Å²) in [5, 5.41) is 20.0. The van der Waals surface area contributed by atoms with Crippen molar-refractivity contribution in [3.63, 3.8) is 0 Å². The van der Waals surface area contributed by atoms with Gasteiger partial charge in [0.1, 0.15) is 6.10 Å². The molecule has 0 aromatic heterocycles. The number of aliphatic hydroxyl groups is 1. The second-order valence-corrected chi connectivity index (χ2v) is 5.17. The molecule has 0 saturated heterocycles. The van der Waals surface area contributed by atoms with Crippen molar-refractivity contribution in [1.82, 2.24) is 0 Å². The first-order chi connectivity index (χ1) is 6.82. The molecule has 0 radical (unpaired) electrons. The van der Waals surface area contributed by atoms with Gasteiger partial charge in [0.2, 0.25) is 3.79 Å². The maximum atomic E-state index is 10.5. The van der Waals surface area contributed by atoms with Gasteiger partial charge in [0, 0.05) is 12.1 Å². The van der Waals surface area contributed by atoms with E-state index in [1.165, 1.54) is 18.2 Å². The van der Waals surface area contributed by atoms with Crippen molar-refractivity contribution in [3.05, 3.63) is 39.9 Å². The van der Waals surface area contributed by atoms with E-state index in [0.717, 1.165) is 6.07 Å². The Morgan fingerprint density at radius 2 is 2.00 bits per heavy atom. The van der Waals surface area contributed by atoms with E-state index in [2.05, 4.69) is 0 Å². The van der Waals surface area contributed by atoms with Crippen LogP contribution in [0.4, 0.5) is 5.69 Å². The van der Waals surface area contributed by atoms with E-state index in [-0.39, 0.29) is 11.3 Å². The minimum Gasteiger partial charge on any atom is -0.384 e. The number of alkyl halides is 3. The average molecular weight is 270 g/mol. The van der Waals surface area contributed by atoms with E-state index in [1.807, 2.05) is 0 Å². The van der Waals surface area contributed by atoms with Crippen LogP contribution in [0.15, 0.2) is 24.3 Å². The lowest BCUT2D eigenvalue weighted by Gasteiger charge is -2.18. The zero-order valence-electron chi connectivity index (χ0n) is 7.23. The number of nitro benzene ring substituents is 1. The number of nitrogens with zero attached hydrogens (tertiary/aromatic N) is 1. The van der Waals surface area contributed by atoms with Gasteiger partial charge in [0.25, 0.3) is 5.69 Å². The smallest absolute Gasteiger partial charge is 0.269 e. The van der Waals surface area contributed by atoms with Crippen molar-refractivity contribution in [1.29, 1.82) is 0 Å². The van der Waals surface area contributed by atoms with Crippen LogP contribution < -0.4 is 0 Å². The third-order valence-electron chi connectivity index (χ3n) is 1.71. The van der Waals surface area contributed by atoms with Crippen LogP contribution >= 0.6 is 34.8 Å². The molecule has 0 unspecified atom stereocenters. The van der Waals surface area contributed by atoms with Gasteiger partial charge in [-0.1, -0.05) is 46.9 Å². The van der Waals surface area contributed by atoms with Crippen molar-refractivity contribution >= 4 is 40.5 Å². The van der Waals surface area contributed by atoms with Crippen molar-refractivity contribution in [2.45, 2.75) is 9.90 Å². The fourth-order valence-corrected chi connectivity index (χ4v) is 1.38. The normalized spacial score (nSPS) is 13.6. The summed E-state index contributed by atoms with van der Waals surface area (Å²) in [7, 11) is 0. The molecule has 82 valence electrons. The van der Waals surface area contributed by atoms with Gasteiger partial charge in [-0.15, -0.1) is 0 Å². The Bertz CT molecular complexity index is 378. The molecule has 1 N–H and O–H groups in total. The minimum absolute atomic E-state index is 0.166. The lowest BCUT2D eigenvalue weighted by molar-refractivity contribution is -0.385. The second-order valence-electron chi connectivity index (χ2n) is 2.80. The lowest BCUT2D eigenvalue weighted by atomic mass is 10.1. The van der Waals surface area contributed by atoms with E-state index in [1.54, 1.807) is 0 Å². The molecule has 0 aliphatic carbocycles. The maximum Gasteiger partial charge on any atom is 0.269 e. The van der Waals surface area contributed by atoms with Crippen LogP contribution in [0.3, 0.4) is 0 Å². The number of aliphatic hydroxyl groups excluding tert-OH is 1. The van der Waals surface area contributed by atoms with Crippen molar-refractivity contribution in [2.75, 3.05) is 0 Å². The number of benzene rings is 1. The minimum atomic E-state index is -1.91. The van der Waals surface area contributed by atoms with Gasteiger partial charge in [-0.05, 0) is 5.56 Å². The molecule has 0 amide bonds. The van der Waals surface area contributed by atoms with Crippen LogP contribution in [0.5, 0.6) is 0 Å². The summed E-state index contributed by atoms with van der Waals surface area (Å²) in [4.78, 5) is 9.86. The predicted octanol–water partition coefficient (Wildman–Crippen LogP) is 3.00. The average Bonchev–Trinajstić information content (AvgIpc) is 2.15.